The summed E-state index contributed by atoms with van der Waals surface area (Å²) in [4.78, 5) is 57.3. The highest BCUT2D eigenvalue weighted by Gasteiger charge is 2.40. The van der Waals surface area contributed by atoms with Crippen LogP contribution in [0.5, 0.6) is 0 Å². The van der Waals surface area contributed by atoms with Crippen molar-refractivity contribution in [1.29, 1.82) is 0 Å². The Morgan fingerprint density at radius 2 is 1.57 bits per heavy atom. The summed E-state index contributed by atoms with van der Waals surface area (Å²) >= 11 is 0. The molecule has 1 unspecified atom stereocenters. The fourth-order valence-corrected chi connectivity index (χ4v) is 7.60. The predicted octanol–water partition coefficient (Wildman–Crippen LogP) is 4.94. The Bertz CT molecular complexity index is 1810. The molecule has 4 N–H and O–H groups in total. The SMILES string of the molecule is COP(=O)(OC)C(CCN1C(=O)c2cccc3cccc(c23)C1=O)N[C@@H](CC(C)C)C(=O)N[C@@H](Cc1c[nH]c2ccccc12)C(=O)O. The number of hydrogen-bond acceptors (Lipinski definition) is 8. The van der Waals surface area contributed by atoms with E-state index in [9.17, 15) is 28.8 Å². The molecule has 0 fully saturated rings. The normalized spacial score (nSPS) is 15.3. The molecule has 0 saturated carbocycles. The van der Waals surface area contributed by atoms with Gasteiger partial charge in [-0.2, -0.15) is 0 Å². The van der Waals surface area contributed by atoms with Crippen LogP contribution in [0.4, 0.5) is 0 Å². The number of H-pyrrole nitrogens is 1. The van der Waals surface area contributed by atoms with E-state index in [-0.39, 0.29) is 31.7 Å². The molecule has 0 saturated heterocycles. The summed E-state index contributed by atoms with van der Waals surface area (Å²) in [5, 5.41) is 18.0. The molecule has 3 atom stereocenters. The molecule has 3 aromatic carbocycles. The molecule has 1 aliphatic heterocycles. The molecule has 13 heteroatoms. The zero-order valence-electron chi connectivity index (χ0n) is 26.7. The van der Waals surface area contributed by atoms with Gasteiger partial charge in [0.25, 0.3) is 11.8 Å². The predicted molar refractivity (Wildman–Crippen MR) is 177 cm³/mol. The number of carbonyl (C=O) groups is 4. The number of amides is 3. The number of nitrogens with one attached hydrogen (secondary N) is 3. The average molecular weight is 663 g/mol. The summed E-state index contributed by atoms with van der Waals surface area (Å²) in [5.74, 6) is -3.94. The van der Waals surface area contributed by atoms with Crippen LogP contribution in [0.3, 0.4) is 0 Å². The van der Waals surface area contributed by atoms with E-state index in [1.807, 2.05) is 50.2 Å². The van der Waals surface area contributed by atoms with Crippen LogP contribution in [0.15, 0.2) is 66.9 Å². The Hall–Kier alpha value is -4.35. The Labute approximate surface area is 272 Å². The molecule has 0 radical (unpaired) electrons. The quantitative estimate of drug-likeness (QED) is 0.102. The van der Waals surface area contributed by atoms with Gasteiger partial charge >= 0.3 is 13.6 Å². The van der Waals surface area contributed by atoms with E-state index in [2.05, 4.69) is 15.6 Å². The molecule has 0 spiro atoms. The van der Waals surface area contributed by atoms with Gasteiger partial charge in [-0.25, -0.2) is 4.79 Å². The van der Waals surface area contributed by atoms with E-state index >= 15 is 0 Å². The summed E-state index contributed by atoms with van der Waals surface area (Å²) in [6.07, 6.45) is 1.94. The molecular weight excluding hydrogens is 623 g/mol. The minimum Gasteiger partial charge on any atom is -0.480 e. The number of carbonyl (C=O) groups excluding carboxylic acids is 3. The van der Waals surface area contributed by atoms with Crippen LogP contribution in [0.25, 0.3) is 21.7 Å². The van der Waals surface area contributed by atoms with Gasteiger partial charge < -0.3 is 24.5 Å². The number of hydrogen-bond donors (Lipinski definition) is 4. The first kappa shape index (κ1) is 34.0. The van der Waals surface area contributed by atoms with Gasteiger partial charge in [-0.1, -0.05) is 56.3 Å². The first-order chi connectivity index (χ1) is 22.5. The molecule has 1 aliphatic rings. The fourth-order valence-electron chi connectivity index (χ4n) is 6.14. The van der Waals surface area contributed by atoms with Crippen molar-refractivity contribution < 1.29 is 37.9 Å². The first-order valence-corrected chi connectivity index (χ1v) is 17.0. The van der Waals surface area contributed by atoms with Gasteiger partial charge in [0.2, 0.25) is 5.91 Å². The number of benzene rings is 3. The van der Waals surface area contributed by atoms with Gasteiger partial charge in [-0.05, 0) is 47.9 Å². The number of aromatic amines is 1. The summed E-state index contributed by atoms with van der Waals surface area (Å²) in [6, 6.07) is 15.7. The molecule has 1 aromatic heterocycles. The van der Waals surface area contributed by atoms with E-state index < -0.39 is 49.2 Å². The Morgan fingerprint density at radius 3 is 2.17 bits per heavy atom. The van der Waals surface area contributed by atoms with Gasteiger partial charge in [0.15, 0.2) is 0 Å². The molecule has 4 aromatic rings. The highest BCUT2D eigenvalue weighted by Crippen LogP contribution is 2.52. The lowest BCUT2D eigenvalue weighted by Gasteiger charge is -2.33. The molecule has 0 aliphatic carbocycles. The molecule has 12 nitrogen and oxygen atoms in total. The van der Waals surface area contributed by atoms with Crippen molar-refractivity contribution >= 4 is 53.0 Å². The van der Waals surface area contributed by atoms with Crippen molar-refractivity contribution in [1.82, 2.24) is 20.5 Å². The number of fused-ring (bicyclic) bond motifs is 1. The average Bonchev–Trinajstić information content (AvgIpc) is 3.47. The van der Waals surface area contributed by atoms with Crippen molar-refractivity contribution in [3.05, 3.63) is 83.6 Å². The smallest absolute Gasteiger partial charge is 0.346 e. The molecule has 5 rings (SSSR count). The molecule has 3 amide bonds. The highest BCUT2D eigenvalue weighted by molar-refractivity contribution is 7.54. The first-order valence-electron chi connectivity index (χ1n) is 15.4. The topological polar surface area (TPSA) is 167 Å². The highest BCUT2D eigenvalue weighted by atomic mass is 31.2. The molecule has 47 heavy (non-hydrogen) atoms. The van der Waals surface area contributed by atoms with Crippen LogP contribution in [0, 0.1) is 5.92 Å². The number of aliphatic carboxylic acids is 1. The zero-order valence-corrected chi connectivity index (χ0v) is 27.6. The summed E-state index contributed by atoms with van der Waals surface area (Å²) in [5.41, 5.74) is 2.35. The van der Waals surface area contributed by atoms with E-state index in [0.717, 1.165) is 26.8 Å². The minimum atomic E-state index is -3.93. The van der Waals surface area contributed by atoms with Crippen molar-refractivity contribution in [3.8, 4) is 0 Å². The van der Waals surface area contributed by atoms with Gasteiger partial charge in [-0.15, -0.1) is 0 Å². The third-order valence-electron chi connectivity index (χ3n) is 8.50. The van der Waals surface area contributed by atoms with E-state index in [0.29, 0.717) is 16.5 Å². The van der Waals surface area contributed by atoms with Gasteiger partial charge in [0.05, 0.1) is 6.04 Å². The molecule has 0 bridgehead atoms. The number of rotatable bonds is 15. The third kappa shape index (κ3) is 7.01. The summed E-state index contributed by atoms with van der Waals surface area (Å²) < 4.78 is 24.5. The monoisotopic (exact) mass is 662 g/mol. The number of carboxylic acids is 1. The Balaban J connectivity index is 1.37. The van der Waals surface area contributed by atoms with Gasteiger partial charge in [0.1, 0.15) is 11.8 Å². The molecular formula is C34H39N4O8P. The van der Waals surface area contributed by atoms with Crippen LogP contribution in [-0.2, 0) is 29.6 Å². The van der Waals surface area contributed by atoms with E-state index in [4.69, 9.17) is 9.05 Å². The second-order valence-corrected chi connectivity index (χ2v) is 14.4. The van der Waals surface area contributed by atoms with Crippen molar-refractivity contribution in [2.75, 3.05) is 20.8 Å². The van der Waals surface area contributed by atoms with Crippen LogP contribution >= 0.6 is 7.60 Å². The number of para-hydroxylation sites is 1. The van der Waals surface area contributed by atoms with Gasteiger partial charge in [-0.3, -0.25) is 29.2 Å². The minimum absolute atomic E-state index is 0.0255. The zero-order chi connectivity index (χ0) is 33.9. The third-order valence-corrected chi connectivity index (χ3v) is 10.7. The van der Waals surface area contributed by atoms with Crippen molar-refractivity contribution in [2.24, 2.45) is 5.92 Å². The number of aromatic nitrogens is 1. The maximum atomic E-state index is 13.8. The van der Waals surface area contributed by atoms with Crippen molar-refractivity contribution in [3.63, 3.8) is 0 Å². The van der Waals surface area contributed by atoms with Gasteiger partial charge in [0, 0.05) is 60.8 Å². The van der Waals surface area contributed by atoms with Crippen LogP contribution in [0.1, 0.15) is 53.0 Å². The Morgan fingerprint density at radius 1 is 0.936 bits per heavy atom. The van der Waals surface area contributed by atoms with Crippen LogP contribution in [-0.4, -0.2) is 77.3 Å². The van der Waals surface area contributed by atoms with E-state index in [1.54, 1.807) is 30.5 Å². The number of nitrogens with zero attached hydrogens (tertiary/aromatic N) is 1. The lowest BCUT2D eigenvalue weighted by molar-refractivity contribution is -0.142. The maximum absolute atomic E-state index is 13.8. The van der Waals surface area contributed by atoms with Crippen LogP contribution in [0.2, 0.25) is 0 Å². The second kappa shape index (κ2) is 14.2. The largest absolute Gasteiger partial charge is 0.480 e. The number of carboxylic acid groups (broad SMARTS) is 1. The lowest BCUT2D eigenvalue weighted by Crippen LogP contribution is -2.54. The van der Waals surface area contributed by atoms with Crippen molar-refractivity contribution in [2.45, 2.75) is 51.0 Å². The fraction of sp³-hybridized carbons (Fsp3) is 0.353. The molecule has 248 valence electrons. The van der Waals surface area contributed by atoms with E-state index in [1.165, 1.54) is 14.2 Å². The second-order valence-electron chi connectivity index (χ2n) is 12.0. The summed E-state index contributed by atoms with van der Waals surface area (Å²) in [7, 11) is -1.51. The number of imide groups is 1. The standard InChI is InChI=1S/C34H39N4O8P/c1-20(2)17-27(31(39)37-28(34(42)43)18-22-19-35-26-14-6-5-11-23(22)26)36-29(47(44,45-3)46-4)15-16-38-32(40)24-12-7-9-21-10-8-13-25(30(21)24)33(38)41/h5-14,19-20,27-29,35-36H,15-18H2,1-4H3,(H,37,39)(H,42,43)/t27-,28-,29?/m0/s1. The van der Waals surface area contributed by atoms with Crippen LogP contribution < -0.4 is 10.6 Å². The molecule has 2 heterocycles. The summed E-state index contributed by atoms with van der Waals surface area (Å²) in [6.45, 7) is 3.64. The Kier molecular flexibility index (Phi) is 10.3. The lowest BCUT2D eigenvalue weighted by atomic mass is 9.94. The maximum Gasteiger partial charge on any atom is 0.346 e.